The quantitative estimate of drug-likeness (QED) is 0.536. The summed E-state index contributed by atoms with van der Waals surface area (Å²) in [5, 5.41) is 12.4. The Bertz CT molecular complexity index is 1190. The van der Waals surface area contributed by atoms with Crippen molar-refractivity contribution in [2.24, 2.45) is 0 Å². The molecule has 4 rings (SSSR count). The fourth-order valence-electron chi connectivity index (χ4n) is 2.78. The van der Waals surface area contributed by atoms with Crippen LogP contribution in [0.1, 0.15) is 36.8 Å². The molecule has 0 aliphatic heterocycles. The van der Waals surface area contributed by atoms with Crippen molar-refractivity contribution in [3.63, 3.8) is 0 Å². The van der Waals surface area contributed by atoms with Crippen LogP contribution in [0.3, 0.4) is 0 Å². The van der Waals surface area contributed by atoms with E-state index >= 15 is 0 Å². The van der Waals surface area contributed by atoms with Crippen LogP contribution in [0, 0.1) is 0 Å². The predicted octanol–water partition coefficient (Wildman–Crippen LogP) is 4.05. The van der Waals surface area contributed by atoms with Crippen LogP contribution < -0.4 is 5.32 Å². The fourth-order valence-corrected chi connectivity index (χ4v) is 2.96. The molecule has 0 bridgehead atoms. The third kappa shape index (κ3) is 4.08. The van der Waals surface area contributed by atoms with Crippen LogP contribution in [0.2, 0.25) is 5.02 Å². The first-order chi connectivity index (χ1) is 14.3. The molecule has 152 valence electrons. The van der Waals surface area contributed by atoms with Gasteiger partial charge in [0.1, 0.15) is 5.82 Å². The maximum absolute atomic E-state index is 12.9. The Kier molecular flexibility index (Phi) is 5.09. The van der Waals surface area contributed by atoms with Gasteiger partial charge >= 0.3 is 0 Å². The first-order valence-corrected chi connectivity index (χ1v) is 9.69. The molecule has 0 saturated carbocycles. The van der Waals surface area contributed by atoms with E-state index in [9.17, 15) is 4.79 Å². The highest BCUT2D eigenvalue weighted by Gasteiger charge is 2.23. The third-order valence-electron chi connectivity index (χ3n) is 4.38. The lowest BCUT2D eigenvalue weighted by molar-refractivity contribution is 0.102. The maximum atomic E-state index is 12.9. The van der Waals surface area contributed by atoms with Crippen molar-refractivity contribution in [1.82, 2.24) is 29.5 Å². The van der Waals surface area contributed by atoms with Gasteiger partial charge in [-0.2, -0.15) is 14.9 Å². The number of carbonyl (C=O) groups is 1. The number of hydrogen-bond donors (Lipinski definition) is 1. The largest absolute Gasteiger partial charge is 0.306 e. The van der Waals surface area contributed by atoms with Crippen molar-refractivity contribution < 1.29 is 4.79 Å². The zero-order valence-corrected chi connectivity index (χ0v) is 17.5. The zero-order chi connectivity index (χ0) is 21.3. The summed E-state index contributed by atoms with van der Waals surface area (Å²) in [6.45, 7) is 6.14. The van der Waals surface area contributed by atoms with Crippen molar-refractivity contribution in [2.75, 3.05) is 5.32 Å². The molecule has 3 aromatic heterocycles. The number of nitrogens with one attached hydrogen (secondary N) is 1. The highest BCUT2D eigenvalue weighted by Crippen LogP contribution is 2.25. The molecule has 0 aliphatic carbocycles. The minimum absolute atomic E-state index is 0.211. The number of benzene rings is 1. The molecule has 0 saturated heterocycles. The van der Waals surface area contributed by atoms with Crippen LogP contribution in [0.4, 0.5) is 5.82 Å². The highest BCUT2D eigenvalue weighted by atomic mass is 35.5. The molecule has 0 aliphatic rings. The van der Waals surface area contributed by atoms with E-state index in [0.29, 0.717) is 22.4 Å². The van der Waals surface area contributed by atoms with E-state index in [1.165, 1.54) is 10.9 Å². The van der Waals surface area contributed by atoms with E-state index in [-0.39, 0.29) is 11.3 Å². The van der Waals surface area contributed by atoms with Gasteiger partial charge in [0.15, 0.2) is 0 Å². The minimum Gasteiger partial charge on any atom is -0.306 e. The average Bonchev–Trinajstić information content (AvgIpc) is 3.36. The molecule has 8 nitrogen and oxygen atoms in total. The average molecular weight is 422 g/mol. The second-order valence-corrected chi connectivity index (χ2v) is 8.17. The summed E-state index contributed by atoms with van der Waals surface area (Å²) in [4.78, 5) is 21.4. The van der Waals surface area contributed by atoms with Crippen molar-refractivity contribution in [1.29, 1.82) is 0 Å². The number of halogens is 1. The third-order valence-corrected chi connectivity index (χ3v) is 4.61. The number of hydrogen-bond acceptors (Lipinski definition) is 5. The number of anilines is 1. The van der Waals surface area contributed by atoms with Gasteiger partial charge in [-0.05, 0) is 24.3 Å². The Morgan fingerprint density at radius 1 is 1.10 bits per heavy atom. The Balaban J connectivity index is 1.64. The molecule has 1 aromatic carbocycles. The summed E-state index contributed by atoms with van der Waals surface area (Å²) in [7, 11) is 0. The molecule has 1 amide bonds. The van der Waals surface area contributed by atoms with Gasteiger partial charge in [-0.1, -0.05) is 38.4 Å². The number of amides is 1. The Hall–Kier alpha value is -3.52. The normalized spacial score (nSPS) is 11.5. The number of nitrogens with zero attached hydrogens (tertiary/aromatic N) is 6. The van der Waals surface area contributed by atoms with Gasteiger partial charge < -0.3 is 5.32 Å². The minimum atomic E-state index is -0.319. The van der Waals surface area contributed by atoms with Crippen LogP contribution in [0.25, 0.3) is 11.6 Å². The van der Waals surface area contributed by atoms with Crippen LogP contribution in [-0.4, -0.2) is 35.4 Å². The Labute approximate surface area is 178 Å². The predicted molar refractivity (Wildman–Crippen MR) is 114 cm³/mol. The molecular formula is C21H20ClN7O. The lowest BCUT2D eigenvalue weighted by atomic mass is 9.92. The van der Waals surface area contributed by atoms with E-state index in [1.807, 2.05) is 39.0 Å². The van der Waals surface area contributed by atoms with E-state index in [2.05, 4.69) is 25.5 Å². The molecular weight excluding hydrogens is 402 g/mol. The summed E-state index contributed by atoms with van der Waals surface area (Å²) in [6.07, 6.45) is 6.40. The van der Waals surface area contributed by atoms with Crippen LogP contribution in [0.5, 0.6) is 0 Å². The van der Waals surface area contributed by atoms with Gasteiger partial charge in [0, 0.05) is 35.1 Å². The maximum Gasteiger partial charge on any atom is 0.260 e. The second kappa shape index (κ2) is 7.72. The van der Waals surface area contributed by atoms with E-state index < -0.39 is 0 Å². The van der Waals surface area contributed by atoms with Gasteiger partial charge in [-0.3, -0.25) is 4.79 Å². The molecule has 0 atom stereocenters. The summed E-state index contributed by atoms with van der Waals surface area (Å²) in [5.74, 6) is 0.533. The van der Waals surface area contributed by atoms with Crippen LogP contribution in [0.15, 0.2) is 61.2 Å². The Morgan fingerprint density at radius 3 is 2.57 bits per heavy atom. The second-order valence-electron chi connectivity index (χ2n) is 7.73. The standard InChI is InChI=1S/C21H20ClN7O/c1-21(2,3)17-11-18(29(27-17)20-23-8-5-9-24-20)26-19(30)14-12-25-28(13-14)16-7-4-6-15(22)10-16/h4-13H,1-3H3,(H,26,30). The Morgan fingerprint density at radius 2 is 1.87 bits per heavy atom. The number of carbonyl (C=O) groups excluding carboxylic acids is 1. The van der Waals surface area contributed by atoms with Crippen molar-refractivity contribution in [3.05, 3.63) is 77.5 Å². The zero-order valence-electron chi connectivity index (χ0n) is 16.7. The van der Waals surface area contributed by atoms with Crippen molar-refractivity contribution >= 4 is 23.3 Å². The van der Waals surface area contributed by atoms with Gasteiger partial charge in [-0.25, -0.2) is 14.6 Å². The van der Waals surface area contributed by atoms with E-state index in [0.717, 1.165) is 11.4 Å². The molecule has 30 heavy (non-hydrogen) atoms. The topological polar surface area (TPSA) is 90.5 Å². The first-order valence-electron chi connectivity index (χ1n) is 9.31. The summed E-state index contributed by atoms with van der Waals surface area (Å²) in [6, 6.07) is 10.8. The van der Waals surface area contributed by atoms with Crippen molar-refractivity contribution in [2.45, 2.75) is 26.2 Å². The summed E-state index contributed by atoms with van der Waals surface area (Å²) in [5.41, 5.74) is 1.75. The lowest BCUT2D eigenvalue weighted by Crippen LogP contribution is -2.16. The number of rotatable bonds is 4. The van der Waals surface area contributed by atoms with Crippen LogP contribution in [-0.2, 0) is 5.41 Å². The molecule has 3 heterocycles. The summed E-state index contributed by atoms with van der Waals surface area (Å²) < 4.78 is 3.12. The van der Waals surface area contributed by atoms with Crippen LogP contribution >= 0.6 is 11.6 Å². The molecule has 0 fully saturated rings. The molecule has 0 spiro atoms. The highest BCUT2D eigenvalue weighted by molar-refractivity contribution is 6.30. The molecule has 9 heteroatoms. The van der Waals surface area contributed by atoms with E-state index in [4.69, 9.17) is 11.6 Å². The van der Waals surface area contributed by atoms with Crippen molar-refractivity contribution in [3.8, 4) is 11.6 Å². The van der Waals surface area contributed by atoms with E-state index in [1.54, 1.807) is 41.5 Å². The monoisotopic (exact) mass is 421 g/mol. The SMILES string of the molecule is CC(C)(C)c1cc(NC(=O)c2cnn(-c3cccc(Cl)c3)c2)n(-c2ncccn2)n1. The molecule has 0 unspecified atom stereocenters. The first kappa shape index (κ1) is 19.8. The summed E-state index contributed by atoms with van der Waals surface area (Å²) >= 11 is 6.04. The number of aromatic nitrogens is 6. The lowest BCUT2D eigenvalue weighted by Gasteiger charge is -2.13. The smallest absolute Gasteiger partial charge is 0.260 e. The molecule has 1 N–H and O–H groups in total. The van der Waals surface area contributed by atoms with Gasteiger partial charge in [-0.15, -0.1) is 0 Å². The molecule has 4 aromatic rings. The van der Waals surface area contributed by atoms with Gasteiger partial charge in [0.05, 0.1) is 23.1 Å². The van der Waals surface area contributed by atoms with Gasteiger partial charge in [0.25, 0.3) is 11.9 Å². The molecule has 0 radical (unpaired) electrons. The fraction of sp³-hybridized carbons (Fsp3) is 0.190. The van der Waals surface area contributed by atoms with Gasteiger partial charge in [0.2, 0.25) is 0 Å².